The quantitative estimate of drug-likeness (QED) is 0.102. The van der Waals surface area contributed by atoms with E-state index >= 15 is 0 Å². The van der Waals surface area contributed by atoms with E-state index in [0.29, 0.717) is 39.1 Å². The summed E-state index contributed by atoms with van der Waals surface area (Å²) in [7, 11) is 1.52. The topological polar surface area (TPSA) is 85.4 Å². The highest BCUT2D eigenvalue weighted by molar-refractivity contribution is 6.35. The minimum absolute atomic E-state index is 0.0896. The smallest absolute Gasteiger partial charge is 0.270 e. The molecule has 0 saturated carbocycles. The summed E-state index contributed by atoms with van der Waals surface area (Å²) in [6, 6.07) is 16.8. The van der Waals surface area contributed by atoms with Gasteiger partial charge in [0.05, 0.1) is 23.7 Å². The van der Waals surface area contributed by atoms with Crippen molar-refractivity contribution in [1.29, 1.82) is 5.26 Å². The van der Waals surface area contributed by atoms with Crippen molar-refractivity contribution in [3.05, 3.63) is 110 Å². The zero-order chi connectivity index (χ0) is 24.7. The highest BCUT2D eigenvalue weighted by Gasteiger charge is 2.15. The van der Waals surface area contributed by atoms with Gasteiger partial charge in [0.2, 0.25) is 0 Å². The molecule has 0 aliphatic rings. The summed E-state index contributed by atoms with van der Waals surface area (Å²) < 4.78 is 11.6. The average Bonchev–Trinajstić information content (AvgIpc) is 2.82. The van der Waals surface area contributed by atoms with E-state index in [1.807, 2.05) is 6.07 Å². The van der Waals surface area contributed by atoms with E-state index in [1.165, 1.54) is 19.2 Å². The van der Waals surface area contributed by atoms with Gasteiger partial charge in [-0.05, 0) is 47.9 Å². The van der Waals surface area contributed by atoms with E-state index in [2.05, 4.69) is 12.6 Å². The number of nitro benzene ring substituents is 1. The summed E-state index contributed by atoms with van der Waals surface area (Å²) in [5.41, 5.74) is 2.86. The molecule has 0 heterocycles. The Morgan fingerprint density at radius 3 is 2.62 bits per heavy atom. The van der Waals surface area contributed by atoms with Gasteiger partial charge in [-0.1, -0.05) is 47.5 Å². The summed E-state index contributed by atoms with van der Waals surface area (Å²) in [5.74, 6) is 0.992. The molecule has 3 aromatic carbocycles. The Labute approximate surface area is 207 Å². The number of methoxy groups -OCH3 is 1. The van der Waals surface area contributed by atoms with E-state index in [4.69, 9.17) is 32.7 Å². The Hall–Kier alpha value is -3.79. The summed E-state index contributed by atoms with van der Waals surface area (Å²) in [4.78, 5) is 10.6. The van der Waals surface area contributed by atoms with Crippen LogP contribution < -0.4 is 9.47 Å². The third-order valence-corrected chi connectivity index (χ3v) is 5.51. The van der Waals surface area contributed by atoms with Crippen LogP contribution >= 0.6 is 23.2 Å². The average molecular weight is 495 g/mol. The number of allylic oxidation sites excluding steroid dienone is 2. The van der Waals surface area contributed by atoms with E-state index in [0.717, 1.165) is 11.1 Å². The largest absolute Gasteiger partial charge is 0.493 e. The van der Waals surface area contributed by atoms with Gasteiger partial charge in [0.15, 0.2) is 11.5 Å². The number of non-ortho nitro benzene ring substituents is 1. The molecule has 0 aliphatic carbocycles. The molecule has 0 aliphatic heterocycles. The zero-order valence-electron chi connectivity index (χ0n) is 18.3. The molecule has 0 N–H and O–H groups in total. The van der Waals surface area contributed by atoms with Crippen LogP contribution in [0.1, 0.15) is 22.3 Å². The molecule has 0 bridgehead atoms. The minimum Gasteiger partial charge on any atom is -0.493 e. The van der Waals surface area contributed by atoms with Gasteiger partial charge in [-0.25, -0.2) is 0 Å². The van der Waals surface area contributed by atoms with Gasteiger partial charge < -0.3 is 9.47 Å². The van der Waals surface area contributed by atoms with Crippen molar-refractivity contribution >= 4 is 40.5 Å². The summed E-state index contributed by atoms with van der Waals surface area (Å²) >= 11 is 12.2. The van der Waals surface area contributed by atoms with Crippen LogP contribution in [0, 0.1) is 21.4 Å². The number of hydrogen-bond donors (Lipinski definition) is 0. The SMILES string of the molecule is C=CCc1cc(C=C(C#N)c2cccc([N+](=O)[O-])c2)cc(OC)c1OCc1ccc(Cl)cc1Cl. The summed E-state index contributed by atoms with van der Waals surface area (Å²) in [6.07, 6.45) is 3.87. The van der Waals surface area contributed by atoms with Crippen LogP contribution in [-0.2, 0) is 13.0 Å². The first-order valence-electron chi connectivity index (χ1n) is 10.1. The van der Waals surface area contributed by atoms with Crippen LogP contribution in [0.4, 0.5) is 5.69 Å². The molecule has 3 aromatic rings. The second kappa shape index (κ2) is 11.4. The van der Waals surface area contributed by atoms with Crippen LogP contribution in [0.15, 0.2) is 67.3 Å². The molecule has 0 aromatic heterocycles. The van der Waals surface area contributed by atoms with E-state index < -0.39 is 4.92 Å². The Morgan fingerprint density at radius 2 is 1.97 bits per heavy atom. The predicted molar refractivity (Wildman–Crippen MR) is 134 cm³/mol. The van der Waals surface area contributed by atoms with Crippen LogP contribution in [0.25, 0.3) is 11.6 Å². The van der Waals surface area contributed by atoms with Crippen molar-refractivity contribution < 1.29 is 14.4 Å². The molecule has 0 fully saturated rings. The monoisotopic (exact) mass is 494 g/mol. The van der Waals surface area contributed by atoms with Gasteiger partial charge in [0.1, 0.15) is 6.61 Å². The third kappa shape index (κ3) is 5.96. The molecule has 34 heavy (non-hydrogen) atoms. The first kappa shape index (κ1) is 24.8. The van der Waals surface area contributed by atoms with Gasteiger partial charge in [0, 0.05) is 33.3 Å². The molecule has 0 saturated heterocycles. The lowest BCUT2D eigenvalue weighted by molar-refractivity contribution is -0.384. The van der Waals surface area contributed by atoms with Crippen molar-refractivity contribution in [3.8, 4) is 17.6 Å². The minimum atomic E-state index is -0.497. The van der Waals surface area contributed by atoms with Gasteiger partial charge in [-0.15, -0.1) is 6.58 Å². The maximum absolute atomic E-state index is 11.1. The molecule has 3 rings (SSSR count). The molecular weight excluding hydrogens is 475 g/mol. The van der Waals surface area contributed by atoms with Gasteiger partial charge in [0.25, 0.3) is 5.69 Å². The number of nitro groups is 1. The van der Waals surface area contributed by atoms with Crippen LogP contribution in [0.3, 0.4) is 0 Å². The third-order valence-electron chi connectivity index (χ3n) is 4.92. The van der Waals surface area contributed by atoms with Crippen molar-refractivity contribution in [1.82, 2.24) is 0 Å². The standard InChI is InChI=1S/C26H20Cl2N2O4/c1-3-5-19-10-17(11-21(15-29)18-6-4-7-23(13-18)30(31)32)12-25(33-2)26(19)34-16-20-8-9-22(27)14-24(20)28/h3-4,6-14H,1,5,16H2,2H3. The zero-order valence-corrected chi connectivity index (χ0v) is 19.8. The molecule has 0 atom stereocenters. The van der Waals surface area contributed by atoms with E-state index in [-0.39, 0.29) is 17.9 Å². The second-order valence-electron chi connectivity index (χ2n) is 7.21. The maximum Gasteiger partial charge on any atom is 0.270 e. The van der Waals surface area contributed by atoms with Crippen molar-refractivity contribution in [2.45, 2.75) is 13.0 Å². The highest BCUT2D eigenvalue weighted by Crippen LogP contribution is 2.36. The molecular formula is C26H20Cl2N2O4. The highest BCUT2D eigenvalue weighted by atomic mass is 35.5. The normalized spacial score (nSPS) is 10.9. The van der Waals surface area contributed by atoms with Crippen LogP contribution in [0.2, 0.25) is 10.0 Å². The van der Waals surface area contributed by atoms with Gasteiger partial charge in [-0.2, -0.15) is 5.26 Å². The lowest BCUT2D eigenvalue weighted by Crippen LogP contribution is -2.02. The van der Waals surface area contributed by atoms with E-state index in [9.17, 15) is 15.4 Å². The summed E-state index contributed by atoms with van der Waals surface area (Å²) in [5, 5.41) is 21.8. The number of benzene rings is 3. The number of halogens is 2. The first-order valence-corrected chi connectivity index (χ1v) is 10.9. The number of nitriles is 1. The Morgan fingerprint density at radius 1 is 1.18 bits per heavy atom. The second-order valence-corrected chi connectivity index (χ2v) is 8.05. The fraction of sp³-hybridized carbons (Fsp3) is 0.115. The fourth-order valence-electron chi connectivity index (χ4n) is 3.31. The number of hydrogen-bond acceptors (Lipinski definition) is 5. The predicted octanol–water partition coefficient (Wildman–Crippen LogP) is 7.28. The molecule has 0 spiro atoms. The molecule has 0 radical (unpaired) electrons. The number of nitrogens with zero attached hydrogens (tertiary/aromatic N) is 2. The van der Waals surface area contributed by atoms with Crippen molar-refractivity contribution in [2.24, 2.45) is 0 Å². The van der Waals surface area contributed by atoms with E-state index in [1.54, 1.807) is 48.6 Å². The van der Waals surface area contributed by atoms with Gasteiger partial charge in [-0.3, -0.25) is 10.1 Å². The first-order chi connectivity index (χ1) is 16.4. The van der Waals surface area contributed by atoms with Crippen LogP contribution in [-0.4, -0.2) is 12.0 Å². The summed E-state index contributed by atoms with van der Waals surface area (Å²) in [6.45, 7) is 4.01. The molecule has 6 nitrogen and oxygen atoms in total. The Bertz CT molecular complexity index is 1310. The number of rotatable bonds is 9. The van der Waals surface area contributed by atoms with Crippen molar-refractivity contribution in [2.75, 3.05) is 7.11 Å². The fourth-order valence-corrected chi connectivity index (χ4v) is 3.78. The Kier molecular flexibility index (Phi) is 8.31. The Balaban J connectivity index is 2.00. The number of ether oxygens (including phenoxy) is 2. The molecule has 0 unspecified atom stereocenters. The van der Waals surface area contributed by atoms with Crippen LogP contribution in [0.5, 0.6) is 11.5 Å². The molecule has 0 amide bonds. The van der Waals surface area contributed by atoms with Crippen molar-refractivity contribution in [3.63, 3.8) is 0 Å². The maximum atomic E-state index is 11.1. The molecule has 8 heteroatoms. The lowest BCUT2D eigenvalue weighted by Gasteiger charge is -2.16. The molecule has 172 valence electrons. The van der Waals surface area contributed by atoms with Gasteiger partial charge >= 0.3 is 0 Å². The lowest BCUT2D eigenvalue weighted by atomic mass is 10.0.